The zero-order valence-corrected chi connectivity index (χ0v) is 21.9. The monoisotopic (exact) mass is 494 g/mol. The maximum Gasteiger partial charge on any atom is 0.286 e. The van der Waals surface area contributed by atoms with Gasteiger partial charge in [0.25, 0.3) is 5.24 Å². The molecular weight excluding hydrogens is 456 g/mol. The molecule has 1 heterocycles. The second-order valence-corrected chi connectivity index (χ2v) is 10.5. The molecule has 0 aromatic heterocycles. The summed E-state index contributed by atoms with van der Waals surface area (Å²) in [5.41, 5.74) is 4.00. The third-order valence-electron chi connectivity index (χ3n) is 6.58. The minimum absolute atomic E-state index is 0.155. The molecule has 3 rings (SSSR count). The van der Waals surface area contributed by atoms with Gasteiger partial charge < -0.3 is 4.90 Å². The van der Waals surface area contributed by atoms with Crippen molar-refractivity contribution in [1.29, 1.82) is 0 Å². The van der Waals surface area contributed by atoms with Crippen molar-refractivity contribution in [2.75, 3.05) is 11.9 Å². The van der Waals surface area contributed by atoms with E-state index >= 15 is 0 Å². The number of hydrogen-bond donors (Lipinski definition) is 1. The average Bonchev–Trinajstić information content (AvgIpc) is 3.19. The highest BCUT2D eigenvalue weighted by Gasteiger charge is 2.31. The number of nitrogens with zero attached hydrogens (tertiary/aromatic N) is 1. The molecule has 2 aromatic carbocycles. The topological polar surface area (TPSA) is 66.5 Å². The minimum Gasteiger partial charge on any atom is -0.315 e. The van der Waals surface area contributed by atoms with Crippen LogP contribution in [-0.2, 0) is 16.0 Å². The molecule has 188 valence electrons. The summed E-state index contributed by atoms with van der Waals surface area (Å²) in [5, 5.41) is 1.70. The molecule has 1 fully saturated rings. The fraction of sp³-hybridized carbons (Fsp3) is 0.483. The molecule has 1 aliphatic heterocycles. The summed E-state index contributed by atoms with van der Waals surface area (Å²) in [6.07, 6.45) is 12.3. The van der Waals surface area contributed by atoms with Crippen molar-refractivity contribution in [2.45, 2.75) is 82.8 Å². The second kappa shape index (κ2) is 14.1. The third-order valence-corrected chi connectivity index (χ3v) is 7.56. The van der Waals surface area contributed by atoms with Crippen LogP contribution in [0.25, 0.3) is 11.1 Å². The summed E-state index contributed by atoms with van der Waals surface area (Å²) in [4.78, 5) is 37.7. The van der Waals surface area contributed by atoms with Crippen molar-refractivity contribution < 1.29 is 14.4 Å². The van der Waals surface area contributed by atoms with Crippen LogP contribution in [0.4, 0.5) is 10.5 Å². The molecule has 0 bridgehead atoms. The third kappa shape index (κ3) is 8.53. The first-order valence-corrected chi connectivity index (χ1v) is 13.8. The molecule has 5 nitrogen and oxygen atoms in total. The van der Waals surface area contributed by atoms with Crippen LogP contribution in [0.15, 0.2) is 48.5 Å². The Bertz CT molecular complexity index is 990. The van der Waals surface area contributed by atoms with Crippen LogP contribution in [0.2, 0.25) is 0 Å². The Balaban J connectivity index is 1.46. The maximum atomic E-state index is 12.7. The van der Waals surface area contributed by atoms with E-state index in [1.165, 1.54) is 44.9 Å². The van der Waals surface area contributed by atoms with E-state index in [4.69, 9.17) is 0 Å². The molecule has 0 saturated carbocycles. The van der Waals surface area contributed by atoms with E-state index in [0.717, 1.165) is 47.0 Å². The zero-order valence-electron chi connectivity index (χ0n) is 21.1. The van der Waals surface area contributed by atoms with Crippen LogP contribution < -0.4 is 10.2 Å². The molecular formula is C29H38N2O3S. The van der Waals surface area contributed by atoms with Crippen molar-refractivity contribution in [3.8, 4) is 11.1 Å². The number of imide groups is 1. The average molecular weight is 495 g/mol. The van der Waals surface area contributed by atoms with E-state index in [1.54, 1.807) is 4.90 Å². The highest BCUT2D eigenvalue weighted by molar-refractivity contribution is 8.15. The molecule has 2 aromatic rings. The molecule has 0 radical (unpaired) electrons. The lowest BCUT2D eigenvalue weighted by molar-refractivity contribution is -0.119. The molecule has 1 aliphatic rings. The van der Waals surface area contributed by atoms with Crippen molar-refractivity contribution in [3.05, 3.63) is 54.1 Å². The number of amides is 3. The van der Waals surface area contributed by atoms with E-state index in [1.807, 2.05) is 55.6 Å². The number of thioether (sulfide) groups is 1. The van der Waals surface area contributed by atoms with Crippen molar-refractivity contribution in [3.63, 3.8) is 0 Å². The van der Waals surface area contributed by atoms with Gasteiger partial charge in [-0.05, 0) is 41.7 Å². The predicted octanol–water partition coefficient (Wildman–Crippen LogP) is 7.13. The molecule has 1 atom stereocenters. The normalized spacial score (nSPS) is 15.3. The van der Waals surface area contributed by atoms with E-state index in [9.17, 15) is 14.4 Å². The van der Waals surface area contributed by atoms with E-state index in [0.29, 0.717) is 12.8 Å². The predicted molar refractivity (Wildman–Crippen MR) is 146 cm³/mol. The van der Waals surface area contributed by atoms with Gasteiger partial charge in [-0.15, -0.1) is 0 Å². The van der Waals surface area contributed by atoms with Gasteiger partial charge in [0.15, 0.2) is 0 Å². The SMILES string of the molecule is CCCCCCCCCCCC(=O)N(C)c1cccc(-c2ccc(CC3SC(=O)NC3=O)cc2)c1. The summed E-state index contributed by atoms with van der Waals surface area (Å²) in [5.74, 6) is -0.0609. The van der Waals surface area contributed by atoms with Crippen molar-refractivity contribution >= 4 is 34.5 Å². The lowest BCUT2D eigenvalue weighted by Crippen LogP contribution is -2.25. The first kappa shape index (κ1) is 27.0. The lowest BCUT2D eigenvalue weighted by atomic mass is 10.0. The summed E-state index contributed by atoms with van der Waals surface area (Å²) >= 11 is 1.05. The summed E-state index contributed by atoms with van der Waals surface area (Å²) in [6, 6.07) is 16.1. The molecule has 6 heteroatoms. The maximum absolute atomic E-state index is 12.7. The van der Waals surface area contributed by atoms with E-state index < -0.39 is 0 Å². The van der Waals surface area contributed by atoms with Gasteiger partial charge in [0.05, 0.1) is 5.25 Å². The highest BCUT2D eigenvalue weighted by Crippen LogP contribution is 2.27. The van der Waals surface area contributed by atoms with Crippen molar-refractivity contribution in [2.24, 2.45) is 0 Å². The number of carbonyl (C=O) groups excluding carboxylic acids is 3. The highest BCUT2D eigenvalue weighted by atomic mass is 32.2. The van der Waals surface area contributed by atoms with Crippen LogP contribution in [0, 0.1) is 0 Å². The van der Waals surface area contributed by atoms with Gasteiger partial charge >= 0.3 is 0 Å². The molecule has 35 heavy (non-hydrogen) atoms. The molecule has 1 saturated heterocycles. The van der Waals surface area contributed by atoms with Gasteiger partial charge in [-0.3, -0.25) is 19.7 Å². The number of unbranched alkanes of at least 4 members (excludes halogenated alkanes) is 8. The Morgan fingerprint density at radius 3 is 2.17 bits per heavy atom. The number of hydrogen-bond acceptors (Lipinski definition) is 4. The Morgan fingerprint density at radius 2 is 1.54 bits per heavy atom. The summed E-state index contributed by atoms with van der Waals surface area (Å²) in [7, 11) is 1.85. The quantitative estimate of drug-likeness (QED) is 0.284. The number of nitrogens with one attached hydrogen (secondary N) is 1. The van der Waals surface area contributed by atoms with Crippen LogP contribution in [-0.4, -0.2) is 29.4 Å². The lowest BCUT2D eigenvalue weighted by Gasteiger charge is -2.18. The molecule has 1 unspecified atom stereocenters. The molecule has 0 spiro atoms. The Kier molecular flexibility index (Phi) is 10.9. The fourth-order valence-electron chi connectivity index (χ4n) is 4.37. The molecule has 0 aliphatic carbocycles. The fourth-order valence-corrected chi connectivity index (χ4v) is 5.23. The number of anilines is 1. The van der Waals surface area contributed by atoms with E-state index in [-0.39, 0.29) is 22.3 Å². The van der Waals surface area contributed by atoms with Gasteiger partial charge in [0, 0.05) is 19.2 Å². The number of carbonyl (C=O) groups is 3. The molecule has 1 N–H and O–H groups in total. The van der Waals surface area contributed by atoms with Crippen LogP contribution in [0.3, 0.4) is 0 Å². The summed E-state index contributed by atoms with van der Waals surface area (Å²) in [6.45, 7) is 2.24. The zero-order chi connectivity index (χ0) is 25.0. The van der Waals surface area contributed by atoms with Crippen molar-refractivity contribution in [1.82, 2.24) is 5.32 Å². The largest absolute Gasteiger partial charge is 0.315 e. The minimum atomic E-state index is -0.359. The summed E-state index contributed by atoms with van der Waals surface area (Å²) < 4.78 is 0. The van der Waals surface area contributed by atoms with Gasteiger partial charge in [-0.2, -0.15) is 0 Å². The van der Waals surface area contributed by atoms with Gasteiger partial charge in [-0.25, -0.2) is 0 Å². The van der Waals surface area contributed by atoms with E-state index in [2.05, 4.69) is 12.2 Å². The molecule has 3 amide bonds. The van der Waals surface area contributed by atoms with Crippen LogP contribution >= 0.6 is 11.8 Å². The standard InChI is InChI=1S/C29H38N2O3S/c1-3-4-5-6-7-8-9-10-11-15-27(32)31(2)25-14-12-13-24(21-25)23-18-16-22(17-19-23)20-26-28(33)30-29(34)35-26/h12-14,16-19,21,26H,3-11,15,20H2,1-2H3,(H,30,33,34). The van der Waals surface area contributed by atoms with Gasteiger partial charge in [0.2, 0.25) is 11.8 Å². The Labute approximate surface area is 214 Å². The van der Waals surface area contributed by atoms with Crippen LogP contribution in [0.5, 0.6) is 0 Å². The Morgan fingerprint density at radius 1 is 0.886 bits per heavy atom. The number of benzene rings is 2. The first-order chi connectivity index (χ1) is 17.0. The second-order valence-electron chi connectivity index (χ2n) is 9.37. The number of rotatable bonds is 14. The first-order valence-electron chi connectivity index (χ1n) is 13.0. The van der Waals surface area contributed by atoms with Gasteiger partial charge in [-0.1, -0.05) is 106 Å². The van der Waals surface area contributed by atoms with Gasteiger partial charge in [0.1, 0.15) is 0 Å². The van der Waals surface area contributed by atoms with Crippen LogP contribution in [0.1, 0.15) is 76.7 Å². The Hall–Kier alpha value is -2.60. The smallest absolute Gasteiger partial charge is 0.286 e.